The van der Waals surface area contributed by atoms with Crippen LogP contribution in [0.15, 0.2) is 30.5 Å². The zero-order valence-electron chi connectivity index (χ0n) is 17.7. The Bertz CT molecular complexity index is 911. The van der Waals surface area contributed by atoms with Gasteiger partial charge < -0.3 is 14.5 Å². The molecule has 8 nitrogen and oxygen atoms in total. The summed E-state index contributed by atoms with van der Waals surface area (Å²) in [6.45, 7) is 10.7. The van der Waals surface area contributed by atoms with Crippen molar-refractivity contribution in [2.75, 3.05) is 57.4 Å². The molecule has 0 unspecified atom stereocenters. The number of carbonyl (C=O) groups is 2. The van der Waals surface area contributed by atoms with Crippen LogP contribution in [-0.4, -0.2) is 83.9 Å². The van der Waals surface area contributed by atoms with Gasteiger partial charge in [-0.05, 0) is 30.2 Å². The van der Waals surface area contributed by atoms with Crippen LogP contribution in [0.5, 0.6) is 0 Å². The molecule has 2 aromatic rings. The molecule has 1 aromatic heterocycles. The van der Waals surface area contributed by atoms with Crippen molar-refractivity contribution in [2.24, 2.45) is 0 Å². The average molecular weight is 412 g/mol. The van der Waals surface area contributed by atoms with Crippen molar-refractivity contribution in [2.45, 2.75) is 20.4 Å². The number of morpholine rings is 1. The van der Waals surface area contributed by atoms with Crippen LogP contribution in [0.2, 0.25) is 0 Å². The van der Waals surface area contributed by atoms with E-state index in [2.05, 4.69) is 40.0 Å². The monoisotopic (exact) mass is 411 g/mol. The number of ether oxygens (including phenoxy) is 1. The number of Topliss-reactive ketones (excluding diaryl/α,β-unsaturated/α-hetero) is 1. The summed E-state index contributed by atoms with van der Waals surface area (Å²) in [6.07, 6.45) is 1.56. The Morgan fingerprint density at radius 2 is 1.77 bits per heavy atom. The standard InChI is InChI=1S/C22H29N5O3/c1-17-3-4-19(21(15-17)25-11-13-30-14-12-25)16-24-7-9-26(10-8-24)22(29)27-6-5-20(23-27)18(2)28/h3-6,15H,7-14,16H2,1-2H3. The largest absolute Gasteiger partial charge is 0.378 e. The summed E-state index contributed by atoms with van der Waals surface area (Å²) < 4.78 is 6.78. The van der Waals surface area contributed by atoms with Crippen molar-refractivity contribution in [3.8, 4) is 0 Å². The lowest BCUT2D eigenvalue weighted by Crippen LogP contribution is -2.49. The number of rotatable bonds is 4. The molecule has 0 atom stereocenters. The van der Waals surface area contributed by atoms with Gasteiger partial charge in [-0.25, -0.2) is 4.79 Å². The minimum Gasteiger partial charge on any atom is -0.378 e. The van der Waals surface area contributed by atoms with Crippen LogP contribution < -0.4 is 4.90 Å². The van der Waals surface area contributed by atoms with Gasteiger partial charge in [0.15, 0.2) is 5.78 Å². The van der Waals surface area contributed by atoms with Crippen molar-refractivity contribution in [3.63, 3.8) is 0 Å². The first-order valence-electron chi connectivity index (χ1n) is 10.5. The lowest BCUT2D eigenvalue weighted by atomic mass is 10.1. The minimum absolute atomic E-state index is 0.138. The first-order valence-corrected chi connectivity index (χ1v) is 10.5. The van der Waals surface area contributed by atoms with Crippen molar-refractivity contribution < 1.29 is 14.3 Å². The molecular weight excluding hydrogens is 382 g/mol. The summed E-state index contributed by atoms with van der Waals surface area (Å²) in [4.78, 5) is 30.7. The number of ketones is 1. The Balaban J connectivity index is 1.38. The normalized spacial score (nSPS) is 17.9. The Hall–Kier alpha value is -2.71. The van der Waals surface area contributed by atoms with Crippen LogP contribution in [0.1, 0.15) is 28.5 Å². The molecular formula is C22H29N5O3. The van der Waals surface area contributed by atoms with Gasteiger partial charge in [-0.2, -0.15) is 9.78 Å². The third-order valence-corrected chi connectivity index (χ3v) is 5.78. The zero-order valence-corrected chi connectivity index (χ0v) is 17.7. The molecule has 0 saturated carbocycles. The van der Waals surface area contributed by atoms with Crippen LogP contribution in [-0.2, 0) is 11.3 Å². The number of anilines is 1. The second kappa shape index (κ2) is 8.97. The fourth-order valence-electron chi connectivity index (χ4n) is 4.01. The maximum Gasteiger partial charge on any atom is 0.344 e. The summed E-state index contributed by atoms with van der Waals surface area (Å²) in [7, 11) is 0. The van der Waals surface area contributed by atoms with Gasteiger partial charge in [-0.3, -0.25) is 9.69 Å². The molecule has 0 aliphatic carbocycles. The van der Waals surface area contributed by atoms with Gasteiger partial charge in [0.1, 0.15) is 5.69 Å². The highest BCUT2D eigenvalue weighted by atomic mass is 16.5. The number of carbonyl (C=O) groups excluding carboxylic acids is 2. The summed E-state index contributed by atoms with van der Waals surface area (Å²) in [6, 6.07) is 8.08. The highest BCUT2D eigenvalue weighted by Gasteiger charge is 2.24. The van der Waals surface area contributed by atoms with Gasteiger partial charge in [0, 0.05) is 64.6 Å². The van der Waals surface area contributed by atoms with Gasteiger partial charge in [-0.15, -0.1) is 0 Å². The summed E-state index contributed by atoms with van der Waals surface area (Å²) in [5, 5.41) is 4.09. The van der Waals surface area contributed by atoms with Crippen molar-refractivity contribution in [3.05, 3.63) is 47.3 Å². The van der Waals surface area contributed by atoms with E-state index in [4.69, 9.17) is 4.74 Å². The molecule has 1 amide bonds. The molecule has 1 aromatic carbocycles. The van der Waals surface area contributed by atoms with Crippen LogP contribution in [0.25, 0.3) is 0 Å². The van der Waals surface area contributed by atoms with E-state index in [1.807, 2.05) is 0 Å². The quantitative estimate of drug-likeness (QED) is 0.717. The predicted molar refractivity (Wildman–Crippen MR) is 114 cm³/mol. The van der Waals surface area contributed by atoms with E-state index in [0.29, 0.717) is 18.8 Å². The van der Waals surface area contributed by atoms with Gasteiger partial charge in [0.05, 0.1) is 13.2 Å². The maximum absolute atomic E-state index is 12.7. The van der Waals surface area contributed by atoms with E-state index in [0.717, 1.165) is 45.9 Å². The summed E-state index contributed by atoms with van der Waals surface area (Å²) in [5.41, 5.74) is 4.20. The smallest absolute Gasteiger partial charge is 0.344 e. The van der Waals surface area contributed by atoms with Gasteiger partial charge >= 0.3 is 6.03 Å². The molecule has 2 aliphatic rings. The molecule has 2 aliphatic heterocycles. The highest BCUT2D eigenvalue weighted by molar-refractivity contribution is 5.92. The third kappa shape index (κ3) is 4.55. The summed E-state index contributed by atoms with van der Waals surface area (Å²) >= 11 is 0. The third-order valence-electron chi connectivity index (χ3n) is 5.78. The van der Waals surface area contributed by atoms with Crippen molar-refractivity contribution in [1.29, 1.82) is 0 Å². The lowest BCUT2D eigenvalue weighted by Gasteiger charge is -2.36. The topological polar surface area (TPSA) is 70.9 Å². The zero-order chi connectivity index (χ0) is 21.1. The van der Waals surface area contributed by atoms with Crippen LogP contribution in [0.3, 0.4) is 0 Å². The molecule has 4 rings (SSSR count). The van der Waals surface area contributed by atoms with E-state index in [1.54, 1.807) is 17.2 Å². The number of nitrogens with zero attached hydrogens (tertiary/aromatic N) is 5. The number of benzene rings is 1. The van der Waals surface area contributed by atoms with E-state index < -0.39 is 0 Å². The Kier molecular flexibility index (Phi) is 6.15. The first-order chi connectivity index (χ1) is 14.5. The fraction of sp³-hybridized carbons (Fsp3) is 0.500. The molecule has 0 bridgehead atoms. The van der Waals surface area contributed by atoms with E-state index in [9.17, 15) is 9.59 Å². The maximum atomic E-state index is 12.7. The molecule has 2 fully saturated rings. The molecule has 0 N–H and O–H groups in total. The molecule has 160 valence electrons. The second-order valence-corrected chi connectivity index (χ2v) is 7.98. The predicted octanol–water partition coefficient (Wildman–Crippen LogP) is 2.02. The first kappa shape index (κ1) is 20.6. The van der Waals surface area contributed by atoms with Gasteiger partial charge in [-0.1, -0.05) is 12.1 Å². The average Bonchev–Trinajstić information content (AvgIpc) is 3.26. The Morgan fingerprint density at radius 3 is 2.43 bits per heavy atom. The van der Waals surface area contributed by atoms with E-state index in [-0.39, 0.29) is 11.8 Å². The van der Waals surface area contributed by atoms with E-state index in [1.165, 1.54) is 28.4 Å². The van der Waals surface area contributed by atoms with Crippen molar-refractivity contribution in [1.82, 2.24) is 19.6 Å². The molecule has 30 heavy (non-hydrogen) atoms. The molecule has 0 spiro atoms. The van der Waals surface area contributed by atoms with Gasteiger partial charge in [0.2, 0.25) is 0 Å². The molecule has 0 radical (unpaired) electrons. The van der Waals surface area contributed by atoms with Crippen LogP contribution >= 0.6 is 0 Å². The molecule has 3 heterocycles. The Morgan fingerprint density at radius 1 is 1.03 bits per heavy atom. The SMILES string of the molecule is CC(=O)c1ccn(C(=O)N2CCN(Cc3ccc(C)cc3N3CCOCC3)CC2)n1. The Labute approximate surface area is 177 Å². The van der Waals surface area contributed by atoms with E-state index >= 15 is 0 Å². The summed E-state index contributed by atoms with van der Waals surface area (Å²) in [5.74, 6) is -0.138. The van der Waals surface area contributed by atoms with Crippen molar-refractivity contribution >= 4 is 17.5 Å². The fourth-order valence-corrected chi connectivity index (χ4v) is 4.01. The molecule has 8 heteroatoms. The molecule has 2 saturated heterocycles. The number of piperazine rings is 1. The highest BCUT2D eigenvalue weighted by Crippen LogP contribution is 2.25. The van der Waals surface area contributed by atoms with Gasteiger partial charge in [0.25, 0.3) is 0 Å². The second-order valence-electron chi connectivity index (χ2n) is 7.98. The van der Waals surface area contributed by atoms with Crippen LogP contribution in [0, 0.1) is 6.92 Å². The number of aryl methyl sites for hydroxylation is 1. The number of amides is 1. The number of hydrogen-bond acceptors (Lipinski definition) is 6. The number of aromatic nitrogens is 2. The minimum atomic E-state index is -0.175. The lowest BCUT2D eigenvalue weighted by molar-refractivity contribution is 0.101. The van der Waals surface area contributed by atoms with Crippen LogP contribution in [0.4, 0.5) is 10.5 Å². The number of hydrogen-bond donors (Lipinski definition) is 0.